The summed E-state index contributed by atoms with van der Waals surface area (Å²) in [5, 5.41) is 2.91. The van der Waals surface area contributed by atoms with Crippen molar-refractivity contribution in [1.29, 1.82) is 0 Å². The molecule has 1 aliphatic rings. The Hall–Kier alpha value is -4.32. The van der Waals surface area contributed by atoms with Gasteiger partial charge in [0.2, 0.25) is 11.9 Å². The molecule has 2 heterocycles. The standard InChI is InChI=1S/C25H26FN7O3S/c1-25(2)31-23(27)30-24(28)33(25)20-7-3-6-19(13-20)22(34)29-14-18-5-4-12-32(16-18)15-17-8-10-21(11-9-17)37(26,35)36/h3-13,16H,14-15H2,1-2H3,(H4-,27,28,29,30,31,34)/p+1. The molecule has 0 radical (unpaired) electrons. The molecule has 1 aromatic heterocycles. The molecule has 2 aromatic carbocycles. The van der Waals surface area contributed by atoms with Gasteiger partial charge in [-0.15, -0.1) is 3.89 Å². The van der Waals surface area contributed by atoms with E-state index < -0.39 is 15.9 Å². The van der Waals surface area contributed by atoms with Crippen molar-refractivity contribution in [2.75, 3.05) is 4.90 Å². The number of nitrogens with two attached hydrogens (primary N) is 2. The predicted octanol–water partition coefficient (Wildman–Crippen LogP) is 1.80. The molecule has 0 bridgehead atoms. The molecular formula is C25H27FN7O3S+. The van der Waals surface area contributed by atoms with Crippen LogP contribution in [0.3, 0.4) is 0 Å². The van der Waals surface area contributed by atoms with Crippen LogP contribution in [0, 0.1) is 0 Å². The summed E-state index contributed by atoms with van der Waals surface area (Å²) in [4.78, 5) is 22.6. The molecule has 1 amide bonds. The molecule has 10 nitrogen and oxygen atoms in total. The molecule has 5 N–H and O–H groups in total. The summed E-state index contributed by atoms with van der Waals surface area (Å²) in [6.45, 7) is 4.41. The van der Waals surface area contributed by atoms with E-state index in [2.05, 4.69) is 15.3 Å². The van der Waals surface area contributed by atoms with E-state index in [9.17, 15) is 17.1 Å². The van der Waals surface area contributed by atoms with Crippen molar-refractivity contribution in [3.8, 4) is 0 Å². The predicted molar refractivity (Wildman–Crippen MR) is 138 cm³/mol. The molecule has 12 heteroatoms. The van der Waals surface area contributed by atoms with Crippen LogP contribution in [0.5, 0.6) is 0 Å². The van der Waals surface area contributed by atoms with Gasteiger partial charge >= 0.3 is 10.2 Å². The van der Waals surface area contributed by atoms with E-state index in [0.29, 0.717) is 17.8 Å². The van der Waals surface area contributed by atoms with E-state index in [1.54, 1.807) is 35.2 Å². The molecular weight excluding hydrogens is 497 g/mol. The average molecular weight is 525 g/mol. The third-order valence-electron chi connectivity index (χ3n) is 5.70. The molecule has 0 atom stereocenters. The van der Waals surface area contributed by atoms with Crippen molar-refractivity contribution < 1.29 is 21.7 Å². The minimum absolute atomic E-state index is 0.0949. The van der Waals surface area contributed by atoms with Crippen LogP contribution in [0.1, 0.15) is 35.3 Å². The first kappa shape index (κ1) is 25.8. The summed E-state index contributed by atoms with van der Waals surface area (Å²) >= 11 is 0. The van der Waals surface area contributed by atoms with E-state index in [1.807, 2.05) is 49.0 Å². The van der Waals surface area contributed by atoms with Crippen molar-refractivity contribution in [2.45, 2.75) is 37.5 Å². The van der Waals surface area contributed by atoms with Gasteiger partial charge in [0.15, 0.2) is 18.9 Å². The number of nitrogens with one attached hydrogen (secondary N) is 1. The third kappa shape index (κ3) is 6.09. The van der Waals surface area contributed by atoms with Gasteiger partial charge in [-0.2, -0.15) is 13.4 Å². The Morgan fingerprint density at radius 2 is 1.81 bits per heavy atom. The zero-order valence-corrected chi connectivity index (χ0v) is 21.1. The number of benzene rings is 2. The highest BCUT2D eigenvalue weighted by Crippen LogP contribution is 2.28. The first-order chi connectivity index (χ1) is 17.4. The van der Waals surface area contributed by atoms with Crippen LogP contribution in [0.4, 0.5) is 9.57 Å². The molecule has 4 rings (SSSR count). The summed E-state index contributed by atoms with van der Waals surface area (Å²) in [6.07, 6.45) is 3.71. The number of hydrogen-bond donors (Lipinski definition) is 3. The summed E-state index contributed by atoms with van der Waals surface area (Å²) in [5.41, 5.74) is 13.8. The average Bonchev–Trinajstić information content (AvgIpc) is 2.81. The zero-order chi connectivity index (χ0) is 26.8. The van der Waals surface area contributed by atoms with Gasteiger partial charge < -0.3 is 16.8 Å². The van der Waals surface area contributed by atoms with Crippen molar-refractivity contribution >= 4 is 33.7 Å². The maximum Gasteiger partial charge on any atom is 0.332 e. The number of carbonyl (C=O) groups excluding carboxylic acids is 1. The lowest BCUT2D eigenvalue weighted by Crippen LogP contribution is -2.54. The van der Waals surface area contributed by atoms with Gasteiger partial charge in [-0.3, -0.25) is 9.69 Å². The maximum absolute atomic E-state index is 13.1. The summed E-state index contributed by atoms with van der Waals surface area (Å²) in [7, 11) is -4.73. The monoisotopic (exact) mass is 524 g/mol. The second-order valence-electron chi connectivity index (χ2n) is 8.97. The SMILES string of the molecule is CC1(C)N=C(N)N=C(N)N1c1cccc(C(=O)NCc2ccc[n+](Cc3ccc(S(=O)(=O)F)cc3)c2)c1. The molecule has 37 heavy (non-hydrogen) atoms. The minimum Gasteiger partial charge on any atom is -0.369 e. The van der Waals surface area contributed by atoms with Crippen LogP contribution < -0.4 is 26.3 Å². The second kappa shape index (κ2) is 9.97. The van der Waals surface area contributed by atoms with Gasteiger partial charge in [0.1, 0.15) is 5.66 Å². The lowest BCUT2D eigenvalue weighted by atomic mass is 10.1. The number of halogens is 1. The molecule has 0 spiro atoms. The van der Waals surface area contributed by atoms with E-state index in [-0.39, 0.29) is 29.3 Å². The lowest BCUT2D eigenvalue weighted by molar-refractivity contribution is -0.688. The van der Waals surface area contributed by atoms with Crippen LogP contribution in [0.25, 0.3) is 0 Å². The highest BCUT2D eigenvalue weighted by atomic mass is 32.3. The third-order valence-corrected chi connectivity index (χ3v) is 6.54. The zero-order valence-electron chi connectivity index (χ0n) is 20.3. The molecule has 0 unspecified atom stereocenters. The van der Waals surface area contributed by atoms with Gasteiger partial charge in [-0.1, -0.05) is 18.2 Å². The van der Waals surface area contributed by atoms with E-state index in [0.717, 1.165) is 11.1 Å². The Kier molecular flexibility index (Phi) is 6.94. The van der Waals surface area contributed by atoms with Gasteiger partial charge in [0.25, 0.3) is 5.91 Å². The molecule has 0 saturated carbocycles. The van der Waals surface area contributed by atoms with Gasteiger partial charge in [0.05, 0.1) is 4.90 Å². The van der Waals surface area contributed by atoms with Crippen molar-refractivity contribution in [3.05, 3.63) is 89.7 Å². The number of carbonyl (C=O) groups is 1. The Bertz CT molecular complexity index is 1500. The largest absolute Gasteiger partial charge is 0.369 e. The first-order valence-corrected chi connectivity index (χ1v) is 12.7. The number of aromatic nitrogens is 1. The fraction of sp³-hybridized carbons (Fsp3) is 0.200. The number of amides is 1. The topological polar surface area (TPSA) is 147 Å². The number of guanidine groups is 2. The Balaban J connectivity index is 1.43. The molecule has 0 fully saturated rings. The van der Waals surface area contributed by atoms with E-state index >= 15 is 0 Å². The van der Waals surface area contributed by atoms with Crippen LogP contribution in [-0.2, 0) is 23.3 Å². The maximum atomic E-state index is 13.1. The number of aliphatic imine (C=N–C) groups is 2. The number of anilines is 1. The highest BCUT2D eigenvalue weighted by Gasteiger charge is 2.33. The Morgan fingerprint density at radius 1 is 1.08 bits per heavy atom. The number of nitrogens with zero attached hydrogens (tertiary/aromatic N) is 4. The number of pyridine rings is 1. The van der Waals surface area contributed by atoms with Gasteiger partial charge in [-0.05, 0) is 50.2 Å². The van der Waals surface area contributed by atoms with E-state index in [1.165, 1.54) is 12.1 Å². The second-order valence-corrected chi connectivity index (χ2v) is 10.3. The Labute approximate surface area is 214 Å². The number of rotatable bonds is 7. The molecule has 192 valence electrons. The summed E-state index contributed by atoms with van der Waals surface area (Å²) < 4.78 is 37.0. The molecule has 1 aliphatic heterocycles. The molecule has 0 aliphatic carbocycles. The van der Waals surface area contributed by atoms with Crippen molar-refractivity contribution in [3.63, 3.8) is 0 Å². The highest BCUT2D eigenvalue weighted by molar-refractivity contribution is 7.86. The smallest absolute Gasteiger partial charge is 0.332 e. The quantitative estimate of drug-likeness (QED) is 0.317. The lowest BCUT2D eigenvalue weighted by Gasteiger charge is -2.38. The number of hydrogen-bond acceptors (Lipinski definition) is 8. The van der Waals surface area contributed by atoms with Crippen LogP contribution in [-0.4, -0.2) is 31.9 Å². The van der Waals surface area contributed by atoms with Crippen LogP contribution >= 0.6 is 0 Å². The van der Waals surface area contributed by atoms with Gasteiger partial charge in [-0.25, -0.2) is 9.56 Å². The van der Waals surface area contributed by atoms with Crippen LogP contribution in [0.15, 0.2) is 87.9 Å². The van der Waals surface area contributed by atoms with Crippen molar-refractivity contribution in [2.24, 2.45) is 21.5 Å². The Morgan fingerprint density at radius 3 is 2.49 bits per heavy atom. The molecule has 3 aromatic rings. The van der Waals surface area contributed by atoms with Crippen LogP contribution in [0.2, 0.25) is 0 Å². The fourth-order valence-electron chi connectivity index (χ4n) is 4.07. The van der Waals surface area contributed by atoms with E-state index in [4.69, 9.17) is 11.5 Å². The normalized spacial score (nSPS) is 15.1. The minimum atomic E-state index is -4.73. The summed E-state index contributed by atoms with van der Waals surface area (Å²) in [6, 6.07) is 16.3. The molecule has 0 saturated heterocycles. The fourth-order valence-corrected chi connectivity index (χ4v) is 4.53. The van der Waals surface area contributed by atoms with Crippen molar-refractivity contribution in [1.82, 2.24) is 5.32 Å². The summed E-state index contributed by atoms with van der Waals surface area (Å²) in [5.74, 6) is 0.0101. The van der Waals surface area contributed by atoms with Gasteiger partial charge in [0, 0.05) is 35.0 Å². The first-order valence-electron chi connectivity index (χ1n) is 11.3.